The van der Waals surface area contributed by atoms with Crippen molar-refractivity contribution in [1.82, 2.24) is 30.6 Å². The van der Waals surface area contributed by atoms with Gasteiger partial charge in [-0.1, -0.05) is 13.8 Å². The standard InChI is InChI=1S/C17H25N7O/c1-9(2)13-8-14(22-21-13)16(25)20-15-7-12(5)23-24(15)17-18-10(3)6-11(4)19-17/h6-7,9,13-14,21-22H,8H2,1-5H3,(H,20,25). The van der Waals surface area contributed by atoms with Gasteiger partial charge in [-0.15, -0.1) is 0 Å². The molecule has 1 fully saturated rings. The molecular weight excluding hydrogens is 318 g/mol. The van der Waals surface area contributed by atoms with E-state index in [9.17, 15) is 4.79 Å². The molecule has 0 aromatic carbocycles. The number of carbonyl (C=O) groups is 1. The fourth-order valence-electron chi connectivity index (χ4n) is 2.95. The summed E-state index contributed by atoms with van der Waals surface area (Å²) in [5, 5.41) is 7.38. The fraction of sp³-hybridized carbons (Fsp3) is 0.529. The molecule has 0 radical (unpaired) electrons. The lowest BCUT2D eigenvalue weighted by molar-refractivity contribution is -0.117. The van der Waals surface area contributed by atoms with Crippen LogP contribution in [-0.2, 0) is 4.79 Å². The molecule has 2 unspecified atom stereocenters. The van der Waals surface area contributed by atoms with E-state index in [2.05, 4.69) is 45.1 Å². The van der Waals surface area contributed by atoms with Crippen LogP contribution in [0.25, 0.3) is 5.95 Å². The number of carbonyl (C=O) groups excluding carboxylic acids is 1. The maximum Gasteiger partial charge on any atom is 0.252 e. The van der Waals surface area contributed by atoms with Crippen molar-refractivity contribution in [3.63, 3.8) is 0 Å². The summed E-state index contributed by atoms with van der Waals surface area (Å²) in [5.41, 5.74) is 8.75. The average Bonchev–Trinajstić information content (AvgIpc) is 3.13. The second-order valence-electron chi connectivity index (χ2n) is 6.95. The second-order valence-corrected chi connectivity index (χ2v) is 6.95. The monoisotopic (exact) mass is 343 g/mol. The van der Waals surface area contributed by atoms with Crippen LogP contribution in [0.4, 0.5) is 5.82 Å². The van der Waals surface area contributed by atoms with Gasteiger partial charge in [0, 0.05) is 23.5 Å². The molecule has 0 spiro atoms. The Hall–Kier alpha value is -2.32. The molecule has 0 bridgehead atoms. The highest BCUT2D eigenvalue weighted by Gasteiger charge is 2.31. The number of aromatic nitrogens is 4. The quantitative estimate of drug-likeness (QED) is 0.777. The molecule has 1 saturated heterocycles. The molecule has 25 heavy (non-hydrogen) atoms. The first-order valence-corrected chi connectivity index (χ1v) is 8.54. The summed E-state index contributed by atoms with van der Waals surface area (Å²) in [6.45, 7) is 9.96. The molecule has 3 rings (SSSR count). The molecule has 2 aromatic heterocycles. The molecule has 134 valence electrons. The van der Waals surface area contributed by atoms with E-state index in [1.54, 1.807) is 4.68 Å². The Balaban J connectivity index is 1.81. The minimum Gasteiger partial charge on any atom is -0.309 e. The van der Waals surface area contributed by atoms with E-state index in [4.69, 9.17) is 0 Å². The molecule has 1 aliphatic rings. The van der Waals surface area contributed by atoms with E-state index in [1.807, 2.05) is 32.9 Å². The molecule has 0 aliphatic carbocycles. The molecule has 2 atom stereocenters. The van der Waals surface area contributed by atoms with Crippen molar-refractivity contribution < 1.29 is 4.79 Å². The van der Waals surface area contributed by atoms with Crippen LogP contribution in [0.2, 0.25) is 0 Å². The van der Waals surface area contributed by atoms with Gasteiger partial charge in [-0.05, 0) is 39.2 Å². The van der Waals surface area contributed by atoms with Crippen molar-refractivity contribution in [2.45, 2.75) is 53.1 Å². The van der Waals surface area contributed by atoms with Gasteiger partial charge in [0.15, 0.2) is 0 Å². The third kappa shape index (κ3) is 3.85. The van der Waals surface area contributed by atoms with E-state index in [-0.39, 0.29) is 18.0 Å². The van der Waals surface area contributed by atoms with Crippen molar-refractivity contribution in [3.8, 4) is 5.95 Å². The first-order valence-electron chi connectivity index (χ1n) is 8.54. The van der Waals surface area contributed by atoms with Gasteiger partial charge in [-0.2, -0.15) is 9.78 Å². The fourth-order valence-corrected chi connectivity index (χ4v) is 2.95. The van der Waals surface area contributed by atoms with Crippen LogP contribution in [0.3, 0.4) is 0 Å². The van der Waals surface area contributed by atoms with E-state index >= 15 is 0 Å². The van der Waals surface area contributed by atoms with Gasteiger partial charge in [0.25, 0.3) is 5.95 Å². The van der Waals surface area contributed by atoms with Gasteiger partial charge in [-0.3, -0.25) is 10.2 Å². The Kier molecular flexibility index (Phi) is 4.82. The molecule has 8 heteroatoms. The van der Waals surface area contributed by atoms with Crippen LogP contribution in [0.5, 0.6) is 0 Å². The predicted molar refractivity (Wildman–Crippen MR) is 95.3 cm³/mol. The van der Waals surface area contributed by atoms with E-state index < -0.39 is 0 Å². The smallest absolute Gasteiger partial charge is 0.252 e. The van der Waals surface area contributed by atoms with Gasteiger partial charge >= 0.3 is 0 Å². The molecule has 0 saturated carbocycles. The van der Waals surface area contributed by atoms with Gasteiger partial charge in [-0.25, -0.2) is 15.4 Å². The van der Waals surface area contributed by atoms with Crippen molar-refractivity contribution in [3.05, 3.63) is 29.2 Å². The van der Waals surface area contributed by atoms with Crippen LogP contribution >= 0.6 is 0 Å². The van der Waals surface area contributed by atoms with Crippen LogP contribution in [0.1, 0.15) is 37.4 Å². The molecule has 8 nitrogen and oxygen atoms in total. The van der Waals surface area contributed by atoms with Crippen molar-refractivity contribution in [2.24, 2.45) is 5.92 Å². The number of aryl methyl sites for hydroxylation is 3. The van der Waals surface area contributed by atoms with Crippen molar-refractivity contribution >= 4 is 11.7 Å². The van der Waals surface area contributed by atoms with Crippen molar-refractivity contribution in [2.75, 3.05) is 5.32 Å². The third-order valence-corrected chi connectivity index (χ3v) is 4.30. The molecular formula is C17H25N7O. The Labute approximate surface area is 147 Å². The summed E-state index contributed by atoms with van der Waals surface area (Å²) in [7, 11) is 0. The van der Waals surface area contributed by atoms with Gasteiger partial charge in [0.1, 0.15) is 11.9 Å². The minimum absolute atomic E-state index is 0.0961. The van der Waals surface area contributed by atoms with Crippen LogP contribution < -0.4 is 16.2 Å². The number of hydrogen-bond donors (Lipinski definition) is 3. The molecule has 1 amide bonds. The third-order valence-electron chi connectivity index (χ3n) is 4.30. The molecule has 2 aromatic rings. The van der Waals surface area contributed by atoms with Gasteiger partial charge in [0.05, 0.1) is 5.69 Å². The number of anilines is 1. The zero-order valence-electron chi connectivity index (χ0n) is 15.3. The number of nitrogens with one attached hydrogen (secondary N) is 3. The second kappa shape index (κ2) is 6.89. The maximum atomic E-state index is 12.6. The number of nitrogens with zero attached hydrogens (tertiary/aromatic N) is 4. The van der Waals surface area contributed by atoms with E-state index in [0.29, 0.717) is 17.7 Å². The Bertz CT molecular complexity index is 763. The topological polar surface area (TPSA) is 96.8 Å². The summed E-state index contributed by atoms with van der Waals surface area (Å²) >= 11 is 0. The molecule has 1 aliphatic heterocycles. The highest BCUT2D eigenvalue weighted by Crippen LogP contribution is 2.18. The van der Waals surface area contributed by atoms with E-state index in [0.717, 1.165) is 23.5 Å². The summed E-state index contributed by atoms with van der Waals surface area (Å²) in [6, 6.07) is 3.72. The predicted octanol–water partition coefficient (Wildman–Crippen LogP) is 1.42. The first-order chi connectivity index (χ1) is 11.8. The van der Waals surface area contributed by atoms with Gasteiger partial charge in [0.2, 0.25) is 5.91 Å². The zero-order valence-corrected chi connectivity index (χ0v) is 15.3. The summed E-state index contributed by atoms with van der Waals surface area (Å²) < 4.78 is 1.58. The highest BCUT2D eigenvalue weighted by molar-refractivity contribution is 5.94. The van der Waals surface area contributed by atoms with Crippen LogP contribution in [0, 0.1) is 26.7 Å². The summed E-state index contributed by atoms with van der Waals surface area (Å²) in [5.74, 6) is 1.39. The lowest BCUT2D eigenvalue weighted by Gasteiger charge is -2.13. The average molecular weight is 343 g/mol. The summed E-state index contributed by atoms with van der Waals surface area (Å²) in [6.07, 6.45) is 0.747. The maximum absolute atomic E-state index is 12.6. The lowest BCUT2D eigenvalue weighted by Crippen LogP contribution is -2.41. The first kappa shape index (κ1) is 17.5. The summed E-state index contributed by atoms with van der Waals surface area (Å²) in [4.78, 5) is 21.5. The Morgan fingerprint density at radius 2 is 1.84 bits per heavy atom. The number of hydrogen-bond acceptors (Lipinski definition) is 6. The van der Waals surface area contributed by atoms with Crippen LogP contribution in [-0.4, -0.2) is 37.7 Å². The number of rotatable bonds is 4. The number of hydrazine groups is 1. The lowest BCUT2D eigenvalue weighted by atomic mass is 9.99. The van der Waals surface area contributed by atoms with Gasteiger partial charge < -0.3 is 5.32 Å². The highest BCUT2D eigenvalue weighted by atomic mass is 16.2. The normalized spacial score (nSPS) is 20.2. The minimum atomic E-state index is -0.281. The largest absolute Gasteiger partial charge is 0.309 e. The number of amides is 1. The van der Waals surface area contributed by atoms with E-state index in [1.165, 1.54) is 0 Å². The Morgan fingerprint density at radius 3 is 2.44 bits per heavy atom. The zero-order chi connectivity index (χ0) is 18.1. The van der Waals surface area contributed by atoms with Crippen LogP contribution in [0.15, 0.2) is 12.1 Å². The van der Waals surface area contributed by atoms with Crippen molar-refractivity contribution in [1.29, 1.82) is 0 Å². The SMILES string of the molecule is Cc1cc(C)nc(-n2nc(C)cc2NC(=O)C2CC(C(C)C)NN2)n1. The Morgan fingerprint density at radius 1 is 1.16 bits per heavy atom. The molecule has 3 N–H and O–H groups in total. The molecule has 3 heterocycles.